The lowest BCUT2D eigenvalue weighted by Gasteiger charge is -2.27. The fourth-order valence-electron chi connectivity index (χ4n) is 4.74. The Morgan fingerprint density at radius 3 is 2.27 bits per heavy atom. The van der Waals surface area contributed by atoms with Gasteiger partial charge in [-0.1, -0.05) is 26.0 Å². The number of carbonyl (C=O) groups excluding carboxylic acids is 3. The molecule has 3 amide bonds. The number of hydrogen-bond acceptors (Lipinski definition) is 5. The summed E-state index contributed by atoms with van der Waals surface area (Å²) in [5, 5.41) is 2.83. The normalized spacial score (nSPS) is 24.5. The van der Waals surface area contributed by atoms with Crippen molar-refractivity contribution in [2.24, 2.45) is 17.8 Å². The minimum Gasteiger partial charge on any atom is -0.370 e. The lowest BCUT2D eigenvalue weighted by molar-refractivity contribution is -0.147. The van der Waals surface area contributed by atoms with Gasteiger partial charge in [-0.05, 0) is 50.2 Å². The number of imide groups is 1. The van der Waals surface area contributed by atoms with E-state index >= 15 is 0 Å². The van der Waals surface area contributed by atoms with Crippen molar-refractivity contribution in [1.29, 1.82) is 0 Å². The third-order valence-corrected chi connectivity index (χ3v) is 6.32. The fraction of sp³-hybridized carbons (Fsp3) is 0.565. The smallest absolute Gasteiger partial charge is 0.248 e. The summed E-state index contributed by atoms with van der Waals surface area (Å²) >= 11 is 0. The number of anilines is 2. The Balaban J connectivity index is 1.50. The molecule has 2 fully saturated rings. The zero-order valence-electron chi connectivity index (χ0n) is 17.7. The Labute approximate surface area is 177 Å². The van der Waals surface area contributed by atoms with Crippen LogP contribution in [0.3, 0.4) is 0 Å². The highest BCUT2D eigenvalue weighted by atomic mass is 16.2. The highest BCUT2D eigenvalue weighted by Gasteiger charge is 2.51. The van der Waals surface area contributed by atoms with Crippen molar-refractivity contribution in [2.45, 2.75) is 52.0 Å². The van der Waals surface area contributed by atoms with Gasteiger partial charge < -0.3 is 10.2 Å². The Morgan fingerprint density at radius 1 is 1.10 bits per heavy atom. The monoisotopic (exact) mass is 410 g/mol. The van der Waals surface area contributed by atoms with Gasteiger partial charge in [0, 0.05) is 13.1 Å². The van der Waals surface area contributed by atoms with Crippen molar-refractivity contribution < 1.29 is 14.4 Å². The van der Waals surface area contributed by atoms with Gasteiger partial charge in [-0.3, -0.25) is 19.3 Å². The molecular formula is C23H30N4O3. The number of pyridine rings is 1. The first-order chi connectivity index (χ1) is 14.5. The second kappa shape index (κ2) is 8.58. The molecule has 0 spiro atoms. The van der Waals surface area contributed by atoms with E-state index in [0.29, 0.717) is 25.1 Å². The van der Waals surface area contributed by atoms with Gasteiger partial charge in [-0.15, -0.1) is 0 Å². The van der Waals surface area contributed by atoms with Crippen LogP contribution in [0.4, 0.5) is 11.5 Å². The van der Waals surface area contributed by atoms with Crippen LogP contribution >= 0.6 is 0 Å². The van der Waals surface area contributed by atoms with E-state index in [1.165, 1.54) is 17.7 Å². The van der Waals surface area contributed by atoms with Crippen LogP contribution in [0.5, 0.6) is 0 Å². The van der Waals surface area contributed by atoms with E-state index in [-0.39, 0.29) is 35.5 Å². The minimum atomic E-state index is -0.810. The van der Waals surface area contributed by atoms with Crippen molar-refractivity contribution in [3.63, 3.8) is 0 Å². The first kappa shape index (κ1) is 20.6. The Hall–Kier alpha value is -2.70. The molecule has 4 rings (SSSR count). The second-order valence-corrected chi connectivity index (χ2v) is 8.93. The van der Waals surface area contributed by atoms with Gasteiger partial charge in [-0.25, -0.2) is 4.98 Å². The number of allylic oxidation sites excluding steroid dienone is 2. The highest BCUT2D eigenvalue weighted by Crippen LogP contribution is 2.37. The first-order valence-corrected chi connectivity index (χ1v) is 11.0. The van der Waals surface area contributed by atoms with Crippen molar-refractivity contribution in [1.82, 2.24) is 9.88 Å². The topological polar surface area (TPSA) is 82.6 Å². The minimum absolute atomic E-state index is 0.160. The lowest BCUT2D eigenvalue weighted by atomic mass is 9.85. The maximum Gasteiger partial charge on any atom is 0.248 e. The molecule has 0 aromatic carbocycles. The van der Waals surface area contributed by atoms with Crippen LogP contribution in [-0.2, 0) is 14.4 Å². The highest BCUT2D eigenvalue weighted by molar-refractivity contribution is 6.10. The number of nitrogens with zero attached hydrogens (tertiary/aromatic N) is 3. The molecule has 2 saturated heterocycles. The Morgan fingerprint density at radius 2 is 1.73 bits per heavy atom. The molecule has 30 heavy (non-hydrogen) atoms. The van der Waals surface area contributed by atoms with Crippen LogP contribution in [0.1, 0.15) is 46.0 Å². The van der Waals surface area contributed by atoms with Crippen LogP contribution < -0.4 is 10.2 Å². The number of nitrogens with one attached hydrogen (secondary N) is 1. The van der Waals surface area contributed by atoms with Crippen LogP contribution in [0.2, 0.25) is 0 Å². The van der Waals surface area contributed by atoms with Gasteiger partial charge in [0.15, 0.2) is 0 Å². The van der Waals surface area contributed by atoms with Crippen molar-refractivity contribution in [3.05, 3.63) is 30.5 Å². The molecule has 0 radical (unpaired) electrons. The number of aromatic nitrogens is 1. The predicted molar refractivity (Wildman–Crippen MR) is 115 cm³/mol. The Kier molecular flexibility index (Phi) is 5.88. The molecule has 3 unspecified atom stereocenters. The van der Waals surface area contributed by atoms with Crippen molar-refractivity contribution in [2.75, 3.05) is 23.3 Å². The average Bonchev–Trinajstić information content (AvgIpc) is 3.35. The lowest BCUT2D eigenvalue weighted by Crippen LogP contribution is -2.48. The van der Waals surface area contributed by atoms with E-state index in [4.69, 9.17) is 0 Å². The van der Waals surface area contributed by atoms with Crippen LogP contribution in [-0.4, -0.2) is 46.7 Å². The maximum atomic E-state index is 13.1. The Bertz CT molecular complexity index is 817. The number of rotatable bonds is 6. The number of hydrogen-bond donors (Lipinski definition) is 1. The molecular weight excluding hydrogens is 380 g/mol. The SMILES string of the molecule is CC(C)CC(C(=O)Nc1ccc(N2CCCC2)cn1)N1C(=O)C2CC=CCC2C1=O. The van der Waals surface area contributed by atoms with E-state index in [1.807, 2.05) is 32.1 Å². The summed E-state index contributed by atoms with van der Waals surface area (Å²) < 4.78 is 0. The molecule has 2 aliphatic heterocycles. The molecule has 7 nitrogen and oxygen atoms in total. The van der Waals surface area contributed by atoms with E-state index in [0.717, 1.165) is 18.8 Å². The molecule has 3 heterocycles. The largest absolute Gasteiger partial charge is 0.370 e. The molecule has 1 N–H and O–H groups in total. The van der Waals surface area contributed by atoms with Gasteiger partial charge in [0.1, 0.15) is 11.9 Å². The molecule has 7 heteroatoms. The van der Waals surface area contributed by atoms with E-state index in [1.54, 1.807) is 12.3 Å². The summed E-state index contributed by atoms with van der Waals surface area (Å²) in [5.74, 6) is -0.841. The standard InChI is InChI=1S/C23H30N4O3/c1-15(2)13-19(27-22(29)17-7-3-4-8-18(17)23(27)30)21(28)25-20-10-9-16(14-24-20)26-11-5-6-12-26/h3-4,9-10,14-15,17-19H,5-8,11-13H2,1-2H3,(H,24,25,28). The number of carbonyl (C=O) groups is 3. The zero-order chi connectivity index (χ0) is 21.3. The molecule has 1 aliphatic carbocycles. The fourth-order valence-corrected chi connectivity index (χ4v) is 4.74. The molecule has 0 bridgehead atoms. The van der Waals surface area contributed by atoms with Gasteiger partial charge in [0.2, 0.25) is 17.7 Å². The molecule has 3 atom stereocenters. The van der Waals surface area contributed by atoms with Crippen molar-refractivity contribution >= 4 is 29.2 Å². The summed E-state index contributed by atoms with van der Waals surface area (Å²) in [6, 6.07) is 2.93. The summed E-state index contributed by atoms with van der Waals surface area (Å²) in [5.41, 5.74) is 1.05. The molecule has 0 saturated carbocycles. The number of fused-ring (bicyclic) bond motifs is 1. The summed E-state index contributed by atoms with van der Waals surface area (Å²) in [4.78, 5) is 47.0. The second-order valence-electron chi connectivity index (χ2n) is 8.93. The molecule has 1 aromatic rings. The number of likely N-dealkylation sites (tertiary alicyclic amines) is 1. The van der Waals surface area contributed by atoms with Crippen LogP contribution in [0, 0.1) is 17.8 Å². The van der Waals surface area contributed by atoms with Crippen LogP contribution in [0.25, 0.3) is 0 Å². The van der Waals surface area contributed by atoms with E-state index in [2.05, 4.69) is 15.2 Å². The summed E-state index contributed by atoms with van der Waals surface area (Å²) in [7, 11) is 0. The average molecular weight is 411 g/mol. The van der Waals surface area contributed by atoms with Gasteiger partial charge in [-0.2, -0.15) is 0 Å². The van der Waals surface area contributed by atoms with Gasteiger partial charge >= 0.3 is 0 Å². The van der Waals surface area contributed by atoms with Gasteiger partial charge in [0.05, 0.1) is 23.7 Å². The maximum absolute atomic E-state index is 13.1. The zero-order valence-corrected chi connectivity index (χ0v) is 17.7. The quantitative estimate of drug-likeness (QED) is 0.576. The number of amides is 3. The molecule has 160 valence electrons. The van der Waals surface area contributed by atoms with Crippen molar-refractivity contribution in [3.8, 4) is 0 Å². The van der Waals surface area contributed by atoms with E-state index in [9.17, 15) is 14.4 Å². The summed E-state index contributed by atoms with van der Waals surface area (Å²) in [6.45, 7) is 6.03. The molecule has 3 aliphatic rings. The van der Waals surface area contributed by atoms with E-state index < -0.39 is 6.04 Å². The first-order valence-electron chi connectivity index (χ1n) is 11.0. The summed E-state index contributed by atoms with van der Waals surface area (Å²) in [6.07, 6.45) is 9.63. The predicted octanol–water partition coefficient (Wildman–Crippen LogP) is 2.99. The molecule has 1 aromatic heterocycles. The van der Waals surface area contributed by atoms with Gasteiger partial charge in [0.25, 0.3) is 0 Å². The third kappa shape index (κ3) is 3.98. The third-order valence-electron chi connectivity index (χ3n) is 6.32. The van der Waals surface area contributed by atoms with Crippen LogP contribution in [0.15, 0.2) is 30.5 Å².